The summed E-state index contributed by atoms with van der Waals surface area (Å²) in [5.74, 6) is -0.421. The Kier molecular flexibility index (Phi) is 4.39. The van der Waals surface area contributed by atoms with Gasteiger partial charge < -0.3 is 10.5 Å². The minimum absolute atomic E-state index is 0.108. The Hall–Kier alpha value is -1.26. The van der Waals surface area contributed by atoms with Crippen LogP contribution in [-0.4, -0.2) is 25.5 Å². The Labute approximate surface area is 88.0 Å². The van der Waals surface area contributed by atoms with Crippen LogP contribution in [0.2, 0.25) is 0 Å². The molecule has 0 saturated carbocycles. The van der Waals surface area contributed by atoms with Gasteiger partial charge in [0, 0.05) is 13.5 Å². The molecule has 0 saturated heterocycles. The molecule has 0 fully saturated rings. The zero-order valence-corrected chi connectivity index (χ0v) is 8.57. The van der Waals surface area contributed by atoms with Crippen LogP contribution < -0.4 is 5.73 Å². The van der Waals surface area contributed by atoms with Crippen LogP contribution in [0.15, 0.2) is 24.3 Å². The normalized spacial score (nSPS) is 12.5. The van der Waals surface area contributed by atoms with Crippen LogP contribution in [0, 0.1) is 5.82 Å². The summed E-state index contributed by atoms with van der Waals surface area (Å²) >= 11 is 0. The van der Waals surface area contributed by atoms with E-state index in [0.29, 0.717) is 0 Å². The van der Waals surface area contributed by atoms with E-state index in [2.05, 4.69) is 0 Å². The van der Waals surface area contributed by atoms with Crippen molar-refractivity contribution in [3.05, 3.63) is 35.6 Å². The summed E-state index contributed by atoms with van der Waals surface area (Å²) < 4.78 is 17.3. The first-order valence-electron chi connectivity index (χ1n) is 4.65. The molecule has 0 spiro atoms. The predicted molar refractivity (Wildman–Crippen MR) is 55.0 cm³/mol. The summed E-state index contributed by atoms with van der Waals surface area (Å²) in [6.45, 7) is 0.208. The lowest BCUT2D eigenvalue weighted by molar-refractivity contribution is -0.120. The number of hydrogen-bond acceptors (Lipinski definition) is 3. The summed E-state index contributed by atoms with van der Waals surface area (Å²) in [6.07, 6.45) is 0.213. The molecular weight excluding hydrogens is 197 g/mol. The number of benzene rings is 1. The molecule has 0 radical (unpaired) electrons. The summed E-state index contributed by atoms with van der Waals surface area (Å²) in [4.78, 5) is 11.5. The highest BCUT2D eigenvalue weighted by Crippen LogP contribution is 2.04. The van der Waals surface area contributed by atoms with Gasteiger partial charge >= 0.3 is 0 Å². The van der Waals surface area contributed by atoms with E-state index in [1.54, 1.807) is 12.1 Å². The number of carbonyl (C=O) groups is 1. The predicted octanol–water partition coefficient (Wildman–Crippen LogP) is 0.911. The van der Waals surface area contributed by atoms with Crippen LogP contribution in [0.5, 0.6) is 0 Å². The highest BCUT2D eigenvalue weighted by molar-refractivity contribution is 5.85. The van der Waals surface area contributed by atoms with E-state index >= 15 is 0 Å². The number of carbonyl (C=O) groups excluding carboxylic acids is 1. The van der Waals surface area contributed by atoms with Crippen molar-refractivity contribution < 1.29 is 13.9 Å². The molecule has 2 N–H and O–H groups in total. The average molecular weight is 211 g/mol. The average Bonchev–Trinajstić information content (AvgIpc) is 2.22. The largest absolute Gasteiger partial charge is 0.383 e. The Morgan fingerprint density at radius 3 is 2.60 bits per heavy atom. The third-order valence-corrected chi connectivity index (χ3v) is 2.05. The van der Waals surface area contributed by atoms with Gasteiger partial charge in [-0.15, -0.1) is 0 Å². The molecule has 1 aromatic carbocycles. The molecular formula is C11H14FNO2. The molecule has 1 rings (SSSR count). The van der Waals surface area contributed by atoms with Crippen molar-refractivity contribution in [3.8, 4) is 0 Å². The van der Waals surface area contributed by atoms with Gasteiger partial charge in [0.05, 0.1) is 12.6 Å². The fourth-order valence-corrected chi connectivity index (χ4v) is 1.21. The van der Waals surface area contributed by atoms with Gasteiger partial charge in [0.15, 0.2) is 5.78 Å². The van der Waals surface area contributed by atoms with Crippen LogP contribution in [-0.2, 0) is 16.0 Å². The fourth-order valence-electron chi connectivity index (χ4n) is 1.21. The van der Waals surface area contributed by atoms with E-state index in [1.807, 2.05) is 0 Å². The molecule has 0 bridgehead atoms. The van der Waals surface area contributed by atoms with E-state index in [0.717, 1.165) is 5.56 Å². The first kappa shape index (κ1) is 11.8. The lowest BCUT2D eigenvalue weighted by atomic mass is 10.0. The first-order chi connectivity index (χ1) is 7.13. The minimum atomic E-state index is -0.611. The van der Waals surface area contributed by atoms with Crippen LogP contribution in [0.1, 0.15) is 5.56 Å². The molecule has 1 atom stereocenters. The third kappa shape index (κ3) is 3.77. The van der Waals surface area contributed by atoms with Gasteiger partial charge in [-0.25, -0.2) is 4.39 Å². The van der Waals surface area contributed by atoms with E-state index in [1.165, 1.54) is 19.2 Å². The van der Waals surface area contributed by atoms with Gasteiger partial charge in [0.25, 0.3) is 0 Å². The highest BCUT2D eigenvalue weighted by atomic mass is 19.1. The van der Waals surface area contributed by atoms with E-state index in [-0.39, 0.29) is 24.6 Å². The molecule has 0 aliphatic heterocycles. The number of hydrogen-bond donors (Lipinski definition) is 1. The smallest absolute Gasteiger partial charge is 0.156 e. The first-order valence-corrected chi connectivity index (χ1v) is 4.65. The highest BCUT2D eigenvalue weighted by Gasteiger charge is 2.13. The van der Waals surface area contributed by atoms with Gasteiger partial charge in [0.1, 0.15) is 5.82 Å². The second kappa shape index (κ2) is 5.58. The number of methoxy groups -OCH3 is 1. The molecule has 1 unspecified atom stereocenters. The molecule has 4 heteroatoms. The molecule has 0 aromatic heterocycles. The zero-order valence-electron chi connectivity index (χ0n) is 8.57. The van der Waals surface area contributed by atoms with Crippen molar-refractivity contribution in [1.82, 2.24) is 0 Å². The quantitative estimate of drug-likeness (QED) is 0.787. The molecule has 0 aliphatic carbocycles. The van der Waals surface area contributed by atoms with Gasteiger partial charge in [-0.2, -0.15) is 0 Å². The van der Waals surface area contributed by atoms with Crippen molar-refractivity contribution in [2.75, 3.05) is 13.7 Å². The minimum Gasteiger partial charge on any atom is -0.383 e. The second-order valence-corrected chi connectivity index (χ2v) is 3.33. The van der Waals surface area contributed by atoms with E-state index in [9.17, 15) is 9.18 Å². The lowest BCUT2D eigenvalue weighted by Crippen LogP contribution is -2.35. The molecule has 15 heavy (non-hydrogen) atoms. The Morgan fingerprint density at radius 1 is 1.47 bits per heavy atom. The maximum absolute atomic E-state index is 12.6. The van der Waals surface area contributed by atoms with Gasteiger partial charge in [0.2, 0.25) is 0 Å². The Bertz CT molecular complexity index is 324. The number of nitrogens with two attached hydrogens (primary N) is 1. The summed E-state index contributed by atoms with van der Waals surface area (Å²) in [5, 5.41) is 0. The van der Waals surface area contributed by atoms with Crippen LogP contribution in [0.4, 0.5) is 4.39 Å². The summed E-state index contributed by atoms with van der Waals surface area (Å²) in [7, 11) is 1.49. The van der Waals surface area contributed by atoms with Gasteiger partial charge in [-0.1, -0.05) is 12.1 Å². The number of ether oxygens (including phenoxy) is 1. The maximum atomic E-state index is 12.6. The molecule has 3 nitrogen and oxygen atoms in total. The molecule has 0 aliphatic rings. The van der Waals surface area contributed by atoms with Gasteiger partial charge in [-0.05, 0) is 17.7 Å². The third-order valence-electron chi connectivity index (χ3n) is 2.05. The molecule has 0 amide bonds. The van der Waals surface area contributed by atoms with Crippen LogP contribution in [0.25, 0.3) is 0 Å². The summed E-state index contributed by atoms with van der Waals surface area (Å²) in [6, 6.07) is 5.19. The zero-order chi connectivity index (χ0) is 11.3. The number of ketones is 1. The molecule has 82 valence electrons. The van der Waals surface area contributed by atoms with Crippen LogP contribution in [0.3, 0.4) is 0 Å². The number of Topliss-reactive ketones (excluding diaryl/α,β-unsaturated/α-hetero) is 1. The maximum Gasteiger partial charge on any atom is 0.156 e. The Balaban J connectivity index is 2.54. The summed E-state index contributed by atoms with van der Waals surface area (Å²) in [5.41, 5.74) is 6.31. The molecule has 0 heterocycles. The van der Waals surface area contributed by atoms with Gasteiger partial charge in [-0.3, -0.25) is 4.79 Å². The topological polar surface area (TPSA) is 52.3 Å². The van der Waals surface area contributed by atoms with Crippen molar-refractivity contribution in [2.24, 2.45) is 5.73 Å². The Morgan fingerprint density at radius 2 is 2.07 bits per heavy atom. The van der Waals surface area contributed by atoms with E-state index < -0.39 is 6.04 Å². The lowest BCUT2D eigenvalue weighted by Gasteiger charge is -2.08. The van der Waals surface area contributed by atoms with Crippen molar-refractivity contribution in [2.45, 2.75) is 12.5 Å². The van der Waals surface area contributed by atoms with Crippen molar-refractivity contribution >= 4 is 5.78 Å². The monoisotopic (exact) mass is 211 g/mol. The van der Waals surface area contributed by atoms with Crippen molar-refractivity contribution in [1.29, 1.82) is 0 Å². The van der Waals surface area contributed by atoms with Crippen molar-refractivity contribution in [3.63, 3.8) is 0 Å². The standard InChI is InChI=1S/C11H14FNO2/c1-15-7-10(13)11(14)6-8-2-4-9(12)5-3-8/h2-5,10H,6-7,13H2,1H3. The van der Waals surface area contributed by atoms with E-state index in [4.69, 9.17) is 10.5 Å². The fraction of sp³-hybridized carbons (Fsp3) is 0.364. The SMILES string of the molecule is COCC(N)C(=O)Cc1ccc(F)cc1. The number of rotatable bonds is 5. The molecule has 1 aromatic rings. The number of halogens is 1. The van der Waals surface area contributed by atoms with Crippen LogP contribution >= 0.6 is 0 Å². The second-order valence-electron chi connectivity index (χ2n) is 3.33.